The van der Waals surface area contributed by atoms with Crippen LogP contribution in [0.2, 0.25) is 0 Å². The first kappa shape index (κ1) is 7.24. The summed E-state index contributed by atoms with van der Waals surface area (Å²) in [6.45, 7) is 6.99. The van der Waals surface area contributed by atoms with Crippen molar-refractivity contribution in [3.05, 3.63) is 25.0 Å². The molecular formula is C6H11NO. The molecule has 0 heterocycles. The molecule has 0 rings (SSSR count). The Morgan fingerprint density at radius 3 is 2.25 bits per heavy atom. The van der Waals surface area contributed by atoms with E-state index in [9.17, 15) is 0 Å². The summed E-state index contributed by atoms with van der Waals surface area (Å²) in [5.41, 5.74) is 0. The van der Waals surface area contributed by atoms with Crippen LogP contribution < -0.4 is 0 Å². The summed E-state index contributed by atoms with van der Waals surface area (Å²) in [7, 11) is 3.57. The second-order valence-corrected chi connectivity index (χ2v) is 1.57. The van der Waals surface area contributed by atoms with Gasteiger partial charge in [0.1, 0.15) is 5.76 Å². The molecule has 2 nitrogen and oxygen atoms in total. The van der Waals surface area contributed by atoms with Gasteiger partial charge in [-0.05, 0) is 6.08 Å². The Hall–Kier alpha value is -0.760. The third kappa shape index (κ3) is 3.43. The maximum Gasteiger partial charge on any atom is 0.139 e. The average molecular weight is 113 g/mol. The van der Waals surface area contributed by atoms with Gasteiger partial charge in [0.2, 0.25) is 0 Å². The third-order valence-corrected chi connectivity index (χ3v) is 0.527. The number of rotatable bonds is 3. The van der Waals surface area contributed by atoms with Gasteiger partial charge >= 0.3 is 0 Å². The van der Waals surface area contributed by atoms with Crippen molar-refractivity contribution < 1.29 is 4.84 Å². The fourth-order valence-electron chi connectivity index (χ4n) is 0.272. The first-order valence-corrected chi connectivity index (χ1v) is 2.33. The van der Waals surface area contributed by atoms with Crippen LogP contribution in [-0.4, -0.2) is 19.2 Å². The van der Waals surface area contributed by atoms with Crippen LogP contribution in [0.3, 0.4) is 0 Å². The van der Waals surface area contributed by atoms with Crippen LogP contribution in [0.4, 0.5) is 0 Å². The lowest BCUT2D eigenvalue weighted by Crippen LogP contribution is -2.10. The van der Waals surface area contributed by atoms with Crippen molar-refractivity contribution in [2.45, 2.75) is 0 Å². The SMILES string of the molecule is C=CC(=C)ON(C)C. The van der Waals surface area contributed by atoms with E-state index in [2.05, 4.69) is 13.2 Å². The lowest BCUT2D eigenvalue weighted by Gasteiger charge is -2.10. The Bertz CT molecular complexity index is 96.7. The maximum absolute atomic E-state index is 4.92. The first-order chi connectivity index (χ1) is 3.66. The molecular weight excluding hydrogens is 102 g/mol. The fraction of sp³-hybridized carbons (Fsp3) is 0.333. The maximum atomic E-state index is 4.92. The Labute approximate surface area is 50.0 Å². The molecule has 0 atom stereocenters. The number of nitrogens with zero attached hydrogens (tertiary/aromatic N) is 1. The zero-order valence-electron chi connectivity index (χ0n) is 5.35. The van der Waals surface area contributed by atoms with E-state index in [4.69, 9.17) is 4.84 Å². The van der Waals surface area contributed by atoms with Gasteiger partial charge in [0, 0.05) is 14.1 Å². The zero-order valence-corrected chi connectivity index (χ0v) is 5.35. The molecule has 0 aromatic heterocycles. The van der Waals surface area contributed by atoms with Gasteiger partial charge in [-0.15, -0.1) is 0 Å². The van der Waals surface area contributed by atoms with Crippen LogP contribution in [-0.2, 0) is 4.84 Å². The highest BCUT2D eigenvalue weighted by Crippen LogP contribution is 1.93. The lowest BCUT2D eigenvalue weighted by atomic mass is 10.6. The van der Waals surface area contributed by atoms with E-state index in [0.29, 0.717) is 5.76 Å². The molecule has 0 aliphatic carbocycles. The number of hydroxylamine groups is 2. The quantitative estimate of drug-likeness (QED) is 0.309. The summed E-state index contributed by atoms with van der Waals surface area (Å²) in [4.78, 5) is 4.92. The first-order valence-electron chi connectivity index (χ1n) is 2.33. The average Bonchev–Trinajstić information content (AvgIpc) is 1.65. The van der Waals surface area contributed by atoms with Crippen molar-refractivity contribution >= 4 is 0 Å². The molecule has 0 aliphatic rings. The van der Waals surface area contributed by atoms with Crippen molar-refractivity contribution in [3.63, 3.8) is 0 Å². The molecule has 0 radical (unpaired) electrons. The molecule has 0 spiro atoms. The van der Waals surface area contributed by atoms with Crippen LogP contribution in [0.25, 0.3) is 0 Å². The minimum atomic E-state index is 0.565. The second kappa shape index (κ2) is 3.27. The van der Waals surface area contributed by atoms with Crippen molar-refractivity contribution in [2.24, 2.45) is 0 Å². The lowest BCUT2D eigenvalue weighted by molar-refractivity contribution is -0.0667. The number of hydrogen-bond acceptors (Lipinski definition) is 2. The summed E-state index contributed by atoms with van der Waals surface area (Å²) in [6, 6.07) is 0. The Balaban J connectivity index is 3.39. The van der Waals surface area contributed by atoms with Crippen molar-refractivity contribution in [2.75, 3.05) is 14.1 Å². The molecule has 0 aromatic carbocycles. The molecule has 0 fully saturated rings. The van der Waals surface area contributed by atoms with Crippen molar-refractivity contribution in [3.8, 4) is 0 Å². The molecule has 0 bridgehead atoms. The summed E-state index contributed by atoms with van der Waals surface area (Å²) in [5.74, 6) is 0.565. The van der Waals surface area contributed by atoms with E-state index < -0.39 is 0 Å². The van der Waals surface area contributed by atoms with Gasteiger partial charge in [-0.2, -0.15) is 5.06 Å². The molecule has 46 valence electrons. The van der Waals surface area contributed by atoms with Gasteiger partial charge in [-0.25, -0.2) is 0 Å². The highest BCUT2D eigenvalue weighted by Gasteiger charge is 1.86. The van der Waals surface area contributed by atoms with E-state index in [0.717, 1.165) is 0 Å². The van der Waals surface area contributed by atoms with Gasteiger partial charge in [-0.1, -0.05) is 13.2 Å². The van der Waals surface area contributed by atoms with Gasteiger partial charge in [0.05, 0.1) is 0 Å². The zero-order chi connectivity index (χ0) is 6.57. The Kier molecular flexibility index (Phi) is 2.96. The van der Waals surface area contributed by atoms with Gasteiger partial charge in [-0.3, -0.25) is 0 Å². The molecule has 0 amide bonds. The van der Waals surface area contributed by atoms with Gasteiger partial charge in [0.15, 0.2) is 0 Å². The molecule has 0 aliphatic heterocycles. The second-order valence-electron chi connectivity index (χ2n) is 1.57. The molecule has 0 saturated heterocycles. The minimum absolute atomic E-state index is 0.565. The van der Waals surface area contributed by atoms with E-state index in [1.54, 1.807) is 25.2 Å². The molecule has 8 heavy (non-hydrogen) atoms. The van der Waals surface area contributed by atoms with Gasteiger partial charge in [0.25, 0.3) is 0 Å². The monoisotopic (exact) mass is 113 g/mol. The van der Waals surface area contributed by atoms with Crippen molar-refractivity contribution in [1.29, 1.82) is 0 Å². The number of hydrogen-bond donors (Lipinski definition) is 0. The van der Waals surface area contributed by atoms with Crippen LogP contribution in [0.15, 0.2) is 25.0 Å². The summed E-state index contributed by atoms with van der Waals surface area (Å²) >= 11 is 0. The molecule has 2 heteroatoms. The highest BCUT2D eigenvalue weighted by atomic mass is 16.7. The van der Waals surface area contributed by atoms with E-state index >= 15 is 0 Å². The van der Waals surface area contributed by atoms with Crippen LogP contribution in [0.1, 0.15) is 0 Å². The van der Waals surface area contributed by atoms with Gasteiger partial charge < -0.3 is 4.84 Å². The largest absolute Gasteiger partial charge is 0.407 e. The Morgan fingerprint density at radius 1 is 1.62 bits per heavy atom. The van der Waals surface area contributed by atoms with Crippen LogP contribution in [0, 0.1) is 0 Å². The van der Waals surface area contributed by atoms with E-state index in [-0.39, 0.29) is 0 Å². The fourth-order valence-corrected chi connectivity index (χ4v) is 0.272. The molecule has 0 saturated carbocycles. The van der Waals surface area contributed by atoms with E-state index in [1.807, 2.05) is 0 Å². The summed E-state index contributed by atoms with van der Waals surface area (Å²) < 4.78 is 0. The van der Waals surface area contributed by atoms with Crippen LogP contribution >= 0.6 is 0 Å². The third-order valence-electron chi connectivity index (χ3n) is 0.527. The number of allylic oxidation sites excluding steroid dienone is 1. The van der Waals surface area contributed by atoms with Crippen molar-refractivity contribution in [1.82, 2.24) is 5.06 Å². The molecule has 0 aromatic rings. The molecule has 0 N–H and O–H groups in total. The van der Waals surface area contributed by atoms with Crippen LogP contribution in [0.5, 0.6) is 0 Å². The minimum Gasteiger partial charge on any atom is -0.407 e. The highest BCUT2D eigenvalue weighted by molar-refractivity contribution is 5.00. The predicted octanol–water partition coefficient (Wildman–Crippen LogP) is 1.18. The smallest absolute Gasteiger partial charge is 0.139 e. The standard InChI is InChI=1S/C6H11NO/c1-5-6(2)8-7(3)4/h5H,1-2H2,3-4H3. The summed E-state index contributed by atoms with van der Waals surface area (Å²) in [6.07, 6.45) is 1.56. The predicted molar refractivity (Wildman–Crippen MR) is 34.1 cm³/mol. The molecule has 0 unspecified atom stereocenters. The Morgan fingerprint density at radius 2 is 2.12 bits per heavy atom. The normalized spacial score (nSPS) is 8.88. The summed E-state index contributed by atoms with van der Waals surface area (Å²) in [5, 5.41) is 1.56. The van der Waals surface area contributed by atoms with E-state index in [1.165, 1.54) is 0 Å². The topological polar surface area (TPSA) is 12.5 Å².